The molecule has 0 bridgehead atoms. The summed E-state index contributed by atoms with van der Waals surface area (Å²) in [5.74, 6) is -0.414. The van der Waals surface area contributed by atoms with Crippen LogP contribution in [-0.2, 0) is 4.74 Å². The van der Waals surface area contributed by atoms with E-state index in [1.165, 1.54) is 7.11 Å². The van der Waals surface area contributed by atoms with Gasteiger partial charge in [-0.2, -0.15) is 0 Å². The van der Waals surface area contributed by atoms with E-state index in [2.05, 4.69) is 40.8 Å². The van der Waals surface area contributed by atoms with Crippen LogP contribution in [0.25, 0.3) is 0 Å². The Kier molecular flexibility index (Phi) is 6.29. The summed E-state index contributed by atoms with van der Waals surface area (Å²) in [6.45, 7) is 6.26. The van der Waals surface area contributed by atoms with E-state index in [9.17, 15) is 4.79 Å². The molecule has 0 saturated carbocycles. The molecular weight excluding hydrogens is 242 g/mol. The Bertz CT molecular complexity index is 407. The molecule has 0 aliphatic heterocycles. The summed E-state index contributed by atoms with van der Waals surface area (Å²) in [5, 5.41) is 3.28. The lowest BCUT2D eigenvalue weighted by Gasteiger charge is -2.20. The average molecular weight is 265 g/mol. The maximum Gasteiger partial charge on any atom is 0.356 e. The largest absolute Gasteiger partial charge is 0.464 e. The monoisotopic (exact) mass is 265 g/mol. The Hall–Kier alpha value is -1.62. The summed E-state index contributed by atoms with van der Waals surface area (Å²) in [6, 6.07) is 4.11. The van der Waals surface area contributed by atoms with Crippen LogP contribution in [0.5, 0.6) is 0 Å². The molecule has 1 aromatic rings. The highest BCUT2D eigenvalue weighted by molar-refractivity contribution is 5.88. The van der Waals surface area contributed by atoms with Crippen molar-refractivity contribution in [3.05, 3.63) is 24.0 Å². The Morgan fingerprint density at radius 1 is 1.53 bits per heavy atom. The van der Waals surface area contributed by atoms with Crippen LogP contribution in [0.3, 0.4) is 0 Å². The number of carbonyl (C=O) groups is 1. The zero-order valence-electron chi connectivity index (χ0n) is 12.1. The van der Waals surface area contributed by atoms with Gasteiger partial charge in [0.05, 0.1) is 7.11 Å². The van der Waals surface area contributed by atoms with Gasteiger partial charge in [0.2, 0.25) is 0 Å². The molecule has 0 saturated heterocycles. The molecule has 0 aliphatic carbocycles. The minimum Gasteiger partial charge on any atom is -0.464 e. The summed E-state index contributed by atoms with van der Waals surface area (Å²) >= 11 is 0. The van der Waals surface area contributed by atoms with Crippen molar-refractivity contribution in [3.63, 3.8) is 0 Å². The molecule has 0 radical (unpaired) electrons. The molecule has 1 heterocycles. The van der Waals surface area contributed by atoms with Crippen LogP contribution in [0.15, 0.2) is 18.3 Å². The van der Waals surface area contributed by atoms with E-state index in [-0.39, 0.29) is 0 Å². The van der Waals surface area contributed by atoms with E-state index >= 15 is 0 Å². The van der Waals surface area contributed by atoms with Gasteiger partial charge in [0.15, 0.2) is 0 Å². The second kappa shape index (κ2) is 7.74. The van der Waals surface area contributed by atoms with Crippen molar-refractivity contribution in [1.82, 2.24) is 9.88 Å². The second-order valence-electron chi connectivity index (χ2n) is 4.78. The van der Waals surface area contributed by atoms with E-state index in [4.69, 9.17) is 0 Å². The summed E-state index contributed by atoms with van der Waals surface area (Å²) in [7, 11) is 3.47. The number of rotatable bonds is 7. The number of nitrogens with one attached hydrogen (secondary N) is 1. The van der Waals surface area contributed by atoms with E-state index in [1.807, 2.05) is 6.07 Å². The van der Waals surface area contributed by atoms with E-state index in [0.717, 1.165) is 25.2 Å². The quantitative estimate of drug-likeness (QED) is 0.604. The first-order valence-corrected chi connectivity index (χ1v) is 6.53. The number of methoxy groups -OCH3 is 1. The fraction of sp³-hybridized carbons (Fsp3) is 0.571. The van der Waals surface area contributed by atoms with Crippen molar-refractivity contribution < 1.29 is 9.53 Å². The van der Waals surface area contributed by atoms with Crippen molar-refractivity contribution in [2.45, 2.75) is 26.3 Å². The van der Waals surface area contributed by atoms with Gasteiger partial charge in [-0.25, -0.2) is 9.78 Å². The first kappa shape index (κ1) is 15.4. The van der Waals surface area contributed by atoms with Crippen molar-refractivity contribution >= 4 is 11.7 Å². The number of pyridine rings is 1. The van der Waals surface area contributed by atoms with Gasteiger partial charge in [-0.05, 0) is 46.0 Å². The van der Waals surface area contributed by atoms with Gasteiger partial charge in [0, 0.05) is 24.5 Å². The average Bonchev–Trinajstić information content (AvgIpc) is 2.42. The second-order valence-corrected chi connectivity index (χ2v) is 4.78. The Morgan fingerprint density at radius 2 is 2.26 bits per heavy atom. The number of hydrogen-bond acceptors (Lipinski definition) is 5. The highest BCUT2D eigenvalue weighted by Gasteiger charge is 2.07. The molecule has 0 amide bonds. The van der Waals surface area contributed by atoms with Gasteiger partial charge in [-0.15, -0.1) is 0 Å². The number of aromatic nitrogens is 1. The van der Waals surface area contributed by atoms with Gasteiger partial charge < -0.3 is 15.0 Å². The number of hydrogen-bond donors (Lipinski definition) is 1. The SMILES string of the molecule is COC(=O)c1cc(NCCCN(C)C(C)C)ccn1. The van der Waals surface area contributed by atoms with Crippen molar-refractivity contribution in [2.75, 3.05) is 32.6 Å². The fourth-order valence-electron chi connectivity index (χ4n) is 1.58. The minimum atomic E-state index is -0.414. The number of anilines is 1. The summed E-state index contributed by atoms with van der Waals surface area (Å²) < 4.78 is 4.64. The normalized spacial score (nSPS) is 10.8. The number of nitrogens with zero attached hydrogens (tertiary/aromatic N) is 2. The van der Waals surface area contributed by atoms with Crippen LogP contribution >= 0.6 is 0 Å². The molecule has 19 heavy (non-hydrogen) atoms. The van der Waals surface area contributed by atoms with Crippen molar-refractivity contribution in [2.24, 2.45) is 0 Å². The van der Waals surface area contributed by atoms with E-state index in [0.29, 0.717) is 11.7 Å². The lowest BCUT2D eigenvalue weighted by molar-refractivity contribution is 0.0594. The molecule has 0 atom stereocenters. The molecule has 0 aliphatic rings. The number of ether oxygens (including phenoxy) is 1. The van der Waals surface area contributed by atoms with Crippen LogP contribution in [0, 0.1) is 0 Å². The Labute approximate surface area is 115 Å². The van der Waals surface area contributed by atoms with Gasteiger partial charge >= 0.3 is 5.97 Å². The third kappa shape index (κ3) is 5.26. The molecule has 106 valence electrons. The standard InChI is InChI=1S/C14H23N3O2/c1-11(2)17(3)9-5-7-15-12-6-8-16-13(10-12)14(18)19-4/h6,8,10-11H,5,7,9H2,1-4H3,(H,15,16). The van der Waals surface area contributed by atoms with Crippen LogP contribution in [0.4, 0.5) is 5.69 Å². The minimum absolute atomic E-state index is 0.326. The summed E-state index contributed by atoms with van der Waals surface area (Å²) in [5.41, 5.74) is 1.22. The van der Waals surface area contributed by atoms with Crippen molar-refractivity contribution in [3.8, 4) is 0 Å². The third-order valence-electron chi connectivity index (χ3n) is 3.05. The lowest BCUT2D eigenvalue weighted by Crippen LogP contribution is -2.28. The van der Waals surface area contributed by atoms with Gasteiger partial charge in [-0.1, -0.05) is 0 Å². The van der Waals surface area contributed by atoms with Gasteiger partial charge in [0.25, 0.3) is 0 Å². The fourth-order valence-corrected chi connectivity index (χ4v) is 1.58. The van der Waals surface area contributed by atoms with Crippen LogP contribution in [-0.4, -0.2) is 49.1 Å². The smallest absolute Gasteiger partial charge is 0.356 e. The predicted molar refractivity (Wildman–Crippen MR) is 76.4 cm³/mol. The van der Waals surface area contributed by atoms with Crippen LogP contribution in [0.2, 0.25) is 0 Å². The molecule has 5 nitrogen and oxygen atoms in total. The Morgan fingerprint density at radius 3 is 2.89 bits per heavy atom. The molecule has 1 N–H and O–H groups in total. The van der Waals surface area contributed by atoms with Crippen molar-refractivity contribution in [1.29, 1.82) is 0 Å². The van der Waals surface area contributed by atoms with Gasteiger partial charge in [0.1, 0.15) is 5.69 Å². The predicted octanol–water partition coefficient (Wildman–Crippen LogP) is 2.01. The summed E-state index contributed by atoms with van der Waals surface area (Å²) in [6.07, 6.45) is 2.65. The molecule has 0 spiro atoms. The maximum atomic E-state index is 11.3. The van der Waals surface area contributed by atoms with E-state index in [1.54, 1.807) is 12.3 Å². The molecule has 0 fully saturated rings. The third-order valence-corrected chi connectivity index (χ3v) is 3.05. The lowest BCUT2D eigenvalue weighted by atomic mass is 10.3. The molecule has 0 aromatic carbocycles. The Balaban J connectivity index is 2.39. The van der Waals surface area contributed by atoms with Crippen LogP contribution < -0.4 is 5.32 Å². The molecule has 1 aromatic heterocycles. The van der Waals surface area contributed by atoms with Gasteiger partial charge in [-0.3, -0.25) is 0 Å². The topological polar surface area (TPSA) is 54.5 Å². The highest BCUT2D eigenvalue weighted by Crippen LogP contribution is 2.09. The number of esters is 1. The maximum absolute atomic E-state index is 11.3. The molecule has 5 heteroatoms. The zero-order chi connectivity index (χ0) is 14.3. The molecular formula is C14H23N3O2. The molecule has 1 rings (SSSR count). The van der Waals surface area contributed by atoms with E-state index < -0.39 is 5.97 Å². The van der Waals surface area contributed by atoms with Crippen LogP contribution in [0.1, 0.15) is 30.8 Å². The highest BCUT2D eigenvalue weighted by atomic mass is 16.5. The number of carbonyl (C=O) groups excluding carboxylic acids is 1. The zero-order valence-corrected chi connectivity index (χ0v) is 12.1. The first-order chi connectivity index (χ1) is 9.04. The summed E-state index contributed by atoms with van der Waals surface area (Å²) in [4.78, 5) is 17.6. The molecule has 0 unspecified atom stereocenters. The first-order valence-electron chi connectivity index (χ1n) is 6.53.